The smallest absolute Gasteiger partial charge is 0.293 e. The standard InChI is InChI=1S/C7H7ClN2O3/c8-5-1-4(3-11)7(9)6(2-5)10(12)13/h1-2,11H,3,9H2. The molecule has 0 radical (unpaired) electrons. The Bertz CT molecular complexity index is 354. The fraction of sp³-hybridized carbons (Fsp3) is 0.143. The zero-order valence-electron chi connectivity index (χ0n) is 6.53. The van der Waals surface area contributed by atoms with Crippen molar-refractivity contribution in [1.29, 1.82) is 0 Å². The van der Waals surface area contributed by atoms with E-state index in [0.29, 0.717) is 0 Å². The second kappa shape index (κ2) is 3.59. The van der Waals surface area contributed by atoms with E-state index in [1.807, 2.05) is 0 Å². The van der Waals surface area contributed by atoms with Gasteiger partial charge in [-0.05, 0) is 6.07 Å². The minimum Gasteiger partial charge on any atom is -0.393 e. The summed E-state index contributed by atoms with van der Waals surface area (Å²) in [6.45, 7) is -0.368. The van der Waals surface area contributed by atoms with Crippen molar-refractivity contribution in [2.24, 2.45) is 0 Å². The van der Waals surface area contributed by atoms with Gasteiger partial charge in [-0.2, -0.15) is 0 Å². The molecule has 1 aromatic carbocycles. The van der Waals surface area contributed by atoms with Gasteiger partial charge >= 0.3 is 0 Å². The van der Waals surface area contributed by atoms with Crippen LogP contribution in [0.1, 0.15) is 5.56 Å². The molecule has 0 bridgehead atoms. The molecule has 13 heavy (non-hydrogen) atoms. The average molecular weight is 203 g/mol. The van der Waals surface area contributed by atoms with Gasteiger partial charge in [0.2, 0.25) is 0 Å². The Balaban J connectivity index is 3.35. The summed E-state index contributed by atoms with van der Waals surface area (Å²) in [5, 5.41) is 19.4. The Morgan fingerprint density at radius 2 is 2.23 bits per heavy atom. The molecule has 0 unspecified atom stereocenters. The van der Waals surface area contributed by atoms with E-state index >= 15 is 0 Å². The number of aliphatic hydroxyl groups is 1. The summed E-state index contributed by atoms with van der Waals surface area (Å²) in [5.74, 6) is 0. The highest BCUT2D eigenvalue weighted by atomic mass is 35.5. The van der Waals surface area contributed by atoms with Crippen LogP contribution in [0, 0.1) is 10.1 Å². The number of nitrogen functional groups attached to an aromatic ring is 1. The zero-order valence-corrected chi connectivity index (χ0v) is 7.28. The lowest BCUT2D eigenvalue weighted by molar-refractivity contribution is -0.383. The van der Waals surface area contributed by atoms with Crippen molar-refractivity contribution in [3.8, 4) is 0 Å². The minimum absolute atomic E-state index is 0.0445. The SMILES string of the molecule is Nc1c(CO)cc(Cl)cc1[N+](=O)[O-]. The first-order chi connectivity index (χ1) is 6.06. The molecule has 0 aromatic heterocycles. The normalized spacial score (nSPS) is 10.0. The van der Waals surface area contributed by atoms with E-state index in [-0.39, 0.29) is 28.6 Å². The number of nitrogens with two attached hydrogens (primary N) is 1. The van der Waals surface area contributed by atoms with Gasteiger partial charge in [0.1, 0.15) is 5.69 Å². The van der Waals surface area contributed by atoms with E-state index < -0.39 is 4.92 Å². The molecular formula is C7H7ClN2O3. The van der Waals surface area contributed by atoms with Crippen molar-refractivity contribution in [3.05, 3.63) is 32.8 Å². The van der Waals surface area contributed by atoms with E-state index in [1.165, 1.54) is 6.07 Å². The van der Waals surface area contributed by atoms with Crippen LogP contribution in [0.2, 0.25) is 5.02 Å². The van der Waals surface area contributed by atoms with Crippen molar-refractivity contribution in [1.82, 2.24) is 0 Å². The molecule has 0 aliphatic rings. The molecule has 70 valence electrons. The van der Waals surface area contributed by atoms with Gasteiger partial charge in [-0.1, -0.05) is 11.6 Å². The van der Waals surface area contributed by atoms with Crippen LogP contribution in [-0.4, -0.2) is 10.0 Å². The van der Waals surface area contributed by atoms with E-state index in [4.69, 9.17) is 22.4 Å². The largest absolute Gasteiger partial charge is 0.393 e. The maximum atomic E-state index is 10.4. The number of nitro benzene ring substituents is 1. The van der Waals surface area contributed by atoms with E-state index in [1.54, 1.807) is 0 Å². The zero-order chi connectivity index (χ0) is 10.0. The fourth-order valence-corrected chi connectivity index (χ4v) is 1.18. The lowest BCUT2D eigenvalue weighted by Gasteiger charge is -2.03. The van der Waals surface area contributed by atoms with Gasteiger partial charge in [-0.15, -0.1) is 0 Å². The monoisotopic (exact) mass is 202 g/mol. The summed E-state index contributed by atoms with van der Waals surface area (Å²) < 4.78 is 0. The number of hydrogen-bond acceptors (Lipinski definition) is 4. The number of halogens is 1. The fourth-order valence-electron chi connectivity index (χ4n) is 0.941. The van der Waals surface area contributed by atoms with Crippen molar-refractivity contribution in [3.63, 3.8) is 0 Å². The summed E-state index contributed by atoms with van der Waals surface area (Å²) in [7, 11) is 0. The number of rotatable bonds is 2. The molecule has 1 rings (SSSR count). The highest BCUT2D eigenvalue weighted by Crippen LogP contribution is 2.29. The summed E-state index contributed by atoms with van der Waals surface area (Å²) >= 11 is 5.57. The predicted octanol–water partition coefficient (Wildman–Crippen LogP) is 1.32. The Kier molecular flexibility index (Phi) is 2.69. The number of nitro groups is 1. The first-order valence-electron chi connectivity index (χ1n) is 3.39. The number of aliphatic hydroxyl groups excluding tert-OH is 1. The highest BCUT2D eigenvalue weighted by Gasteiger charge is 2.15. The van der Waals surface area contributed by atoms with Crippen LogP contribution in [0.5, 0.6) is 0 Å². The minimum atomic E-state index is -0.639. The van der Waals surface area contributed by atoms with E-state index in [2.05, 4.69) is 0 Å². The highest BCUT2D eigenvalue weighted by molar-refractivity contribution is 6.31. The molecule has 5 nitrogen and oxygen atoms in total. The summed E-state index contributed by atoms with van der Waals surface area (Å²) in [6.07, 6.45) is 0. The van der Waals surface area contributed by atoms with Gasteiger partial charge in [-0.3, -0.25) is 10.1 Å². The molecule has 0 spiro atoms. The second-order valence-electron chi connectivity index (χ2n) is 2.41. The van der Waals surface area contributed by atoms with E-state index in [9.17, 15) is 10.1 Å². The molecule has 0 aliphatic carbocycles. The van der Waals surface area contributed by atoms with Crippen molar-refractivity contribution < 1.29 is 10.0 Å². The Morgan fingerprint density at radius 1 is 1.62 bits per heavy atom. The summed E-state index contributed by atoms with van der Waals surface area (Å²) in [5.41, 5.74) is 5.34. The van der Waals surface area contributed by atoms with Gasteiger partial charge in [-0.25, -0.2) is 0 Å². The van der Waals surface area contributed by atoms with Gasteiger partial charge in [0.15, 0.2) is 0 Å². The third kappa shape index (κ3) is 1.88. The van der Waals surface area contributed by atoms with Gasteiger partial charge in [0.25, 0.3) is 5.69 Å². The van der Waals surface area contributed by atoms with Crippen LogP contribution in [-0.2, 0) is 6.61 Å². The summed E-state index contributed by atoms with van der Waals surface area (Å²) in [6, 6.07) is 2.54. The Labute approximate surface area is 78.9 Å². The first kappa shape index (κ1) is 9.76. The maximum absolute atomic E-state index is 10.4. The molecule has 6 heteroatoms. The van der Waals surface area contributed by atoms with Crippen LogP contribution < -0.4 is 5.73 Å². The molecule has 3 N–H and O–H groups in total. The van der Waals surface area contributed by atoms with Crippen molar-refractivity contribution in [2.45, 2.75) is 6.61 Å². The van der Waals surface area contributed by atoms with Crippen LogP contribution in [0.15, 0.2) is 12.1 Å². The number of hydrogen-bond donors (Lipinski definition) is 2. The third-order valence-corrected chi connectivity index (χ3v) is 1.79. The number of nitrogens with zero attached hydrogens (tertiary/aromatic N) is 1. The molecule has 0 aliphatic heterocycles. The maximum Gasteiger partial charge on any atom is 0.293 e. The molecule has 0 atom stereocenters. The molecule has 0 saturated heterocycles. The lowest BCUT2D eigenvalue weighted by atomic mass is 10.1. The van der Waals surface area contributed by atoms with Crippen LogP contribution in [0.4, 0.5) is 11.4 Å². The van der Waals surface area contributed by atoms with E-state index in [0.717, 1.165) is 6.07 Å². The van der Waals surface area contributed by atoms with Gasteiger partial charge in [0, 0.05) is 16.7 Å². The quantitative estimate of drug-likeness (QED) is 0.430. The molecule has 0 fully saturated rings. The van der Waals surface area contributed by atoms with Gasteiger partial charge in [0.05, 0.1) is 11.5 Å². The van der Waals surface area contributed by atoms with Crippen molar-refractivity contribution >= 4 is 23.0 Å². The summed E-state index contributed by atoms with van der Waals surface area (Å²) in [4.78, 5) is 9.79. The molecule has 0 heterocycles. The first-order valence-corrected chi connectivity index (χ1v) is 3.77. The topological polar surface area (TPSA) is 89.4 Å². The lowest BCUT2D eigenvalue weighted by Crippen LogP contribution is -2.00. The predicted molar refractivity (Wildman–Crippen MR) is 48.4 cm³/mol. The molecule has 0 saturated carbocycles. The molecule has 1 aromatic rings. The van der Waals surface area contributed by atoms with Crippen LogP contribution in [0.3, 0.4) is 0 Å². The van der Waals surface area contributed by atoms with Gasteiger partial charge < -0.3 is 10.8 Å². The Hall–Kier alpha value is -1.33. The number of anilines is 1. The number of benzene rings is 1. The van der Waals surface area contributed by atoms with Crippen LogP contribution >= 0.6 is 11.6 Å². The molecule has 0 amide bonds. The second-order valence-corrected chi connectivity index (χ2v) is 2.85. The van der Waals surface area contributed by atoms with Crippen molar-refractivity contribution in [2.75, 3.05) is 5.73 Å². The molecular weight excluding hydrogens is 196 g/mol. The average Bonchev–Trinajstić information content (AvgIpc) is 2.08. The third-order valence-electron chi connectivity index (χ3n) is 1.58. The van der Waals surface area contributed by atoms with Crippen LogP contribution in [0.25, 0.3) is 0 Å². The Morgan fingerprint density at radius 3 is 2.69 bits per heavy atom.